The molecular weight excluding hydrogens is 421 g/mol. The number of sulfonamides is 1. The average Bonchev–Trinajstić information content (AvgIpc) is 3.03. The molecule has 31 heavy (non-hydrogen) atoms. The zero-order valence-electron chi connectivity index (χ0n) is 17.2. The first-order valence-corrected chi connectivity index (χ1v) is 11.5. The van der Waals surface area contributed by atoms with Crippen molar-refractivity contribution in [2.24, 2.45) is 0 Å². The largest absolute Gasteiger partial charge is 0.341 e. The number of aromatic nitrogens is 2. The fraction of sp³-hybridized carbons (Fsp3) is 0.333. The molecule has 0 atom stereocenters. The van der Waals surface area contributed by atoms with Gasteiger partial charge in [0.05, 0.1) is 22.5 Å². The number of nitrogens with one attached hydrogen (secondary N) is 1. The number of hydrogen-bond acceptors (Lipinski definition) is 5. The average molecular weight is 446 g/mol. The zero-order chi connectivity index (χ0) is 22.0. The lowest BCUT2D eigenvalue weighted by Gasteiger charge is -2.24. The predicted octanol–water partition coefficient (Wildman–Crippen LogP) is 2.06. The Kier molecular flexibility index (Phi) is 5.92. The van der Waals surface area contributed by atoms with Crippen LogP contribution in [0, 0.1) is 5.82 Å². The molecule has 0 unspecified atom stereocenters. The number of carbonyl (C=O) groups excluding carboxylic acids is 1. The van der Waals surface area contributed by atoms with Crippen LogP contribution in [0.1, 0.15) is 6.42 Å². The van der Waals surface area contributed by atoms with E-state index in [0.717, 1.165) is 46.4 Å². The molecule has 1 N–H and O–H groups in total. The summed E-state index contributed by atoms with van der Waals surface area (Å²) in [5.41, 5.74) is 1.85. The van der Waals surface area contributed by atoms with Crippen LogP contribution in [0.25, 0.3) is 11.0 Å². The molecule has 1 saturated heterocycles. The zero-order valence-corrected chi connectivity index (χ0v) is 18.0. The number of fused-ring (bicyclic) bond motifs is 1. The highest BCUT2D eigenvalue weighted by molar-refractivity contribution is 7.89. The number of halogens is 1. The topological polar surface area (TPSA) is 89.6 Å². The van der Waals surface area contributed by atoms with Gasteiger partial charge in [-0.15, -0.1) is 0 Å². The van der Waals surface area contributed by atoms with Gasteiger partial charge in [-0.2, -0.15) is 4.31 Å². The lowest BCUT2D eigenvalue weighted by atomic mass is 10.3. The van der Waals surface area contributed by atoms with Crippen LogP contribution >= 0.6 is 0 Å². The van der Waals surface area contributed by atoms with Gasteiger partial charge < -0.3 is 14.8 Å². The van der Waals surface area contributed by atoms with E-state index in [9.17, 15) is 17.6 Å². The maximum absolute atomic E-state index is 13.1. The highest BCUT2D eigenvalue weighted by atomic mass is 32.2. The summed E-state index contributed by atoms with van der Waals surface area (Å²) in [6, 6.07) is 12.4. The molecule has 1 aliphatic rings. The summed E-state index contributed by atoms with van der Waals surface area (Å²) in [5, 5.41) is 0. The molecule has 0 bridgehead atoms. The third-order valence-corrected chi connectivity index (χ3v) is 7.22. The summed E-state index contributed by atoms with van der Waals surface area (Å²) in [6.45, 7) is 2.08. The van der Waals surface area contributed by atoms with Gasteiger partial charge in [-0.05, 0) is 42.8 Å². The van der Waals surface area contributed by atoms with Crippen molar-refractivity contribution in [1.29, 1.82) is 0 Å². The Hall–Kier alpha value is -2.98. The maximum atomic E-state index is 13.1. The van der Waals surface area contributed by atoms with Crippen molar-refractivity contribution in [3.05, 3.63) is 54.3 Å². The van der Waals surface area contributed by atoms with Crippen LogP contribution in [0.5, 0.6) is 0 Å². The summed E-state index contributed by atoms with van der Waals surface area (Å²) in [7, 11) is -2.52. The molecule has 0 aliphatic carbocycles. The van der Waals surface area contributed by atoms with E-state index < -0.39 is 15.8 Å². The first-order valence-electron chi connectivity index (χ1n) is 10.0. The Morgan fingerprint density at radius 2 is 1.84 bits per heavy atom. The molecule has 8 nitrogen and oxygen atoms in total. The van der Waals surface area contributed by atoms with Gasteiger partial charge in [-0.1, -0.05) is 12.1 Å². The van der Waals surface area contributed by atoms with E-state index in [-0.39, 0.29) is 17.3 Å². The lowest BCUT2D eigenvalue weighted by Crippen LogP contribution is -2.42. The van der Waals surface area contributed by atoms with Crippen molar-refractivity contribution in [2.75, 3.05) is 44.7 Å². The molecule has 0 saturated carbocycles. The lowest BCUT2D eigenvalue weighted by molar-refractivity contribution is -0.131. The number of benzene rings is 2. The van der Waals surface area contributed by atoms with Crippen molar-refractivity contribution in [3.63, 3.8) is 0 Å². The summed E-state index contributed by atoms with van der Waals surface area (Å²) < 4.78 is 39.4. The standard InChI is InChI=1S/C21H24FN5O3S/c1-25(31(29,30)17-9-7-16(22)8-10-17)15-20(28)26-11-4-12-27(14-13-26)21-23-18-5-2-3-6-19(18)24-21/h2-3,5-10H,4,11-15H2,1H3,(H,23,24). The van der Waals surface area contributed by atoms with Gasteiger partial charge in [-0.3, -0.25) is 4.79 Å². The van der Waals surface area contributed by atoms with E-state index in [4.69, 9.17) is 0 Å². The first-order chi connectivity index (χ1) is 14.8. The maximum Gasteiger partial charge on any atom is 0.243 e. The van der Waals surface area contributed by atoms with Gasteiger partial charge in [0, 0.05) is 33.2 Å². The molecule has 1 aliphatic heterocycles. The van der Waals surface area contributed by atoms with Crippen LogP contribution < -0.4 is 4.90 Å². The third-order valence-electron chi connectivity index (χ3n) is 5.40. The van der Waals surface area contributed by atoms with Crippen molar-refractivity contribution < 1.29 is 17.6 Å². The minimum Gasteiger partial charge on any atom is -0.341 e. The first kappa shape index (κ1) is 21.3. The molecule has 10 heteroatoms. The fourth-order valence-electron chi connectivity index (χ4n) is 3.63. The number of H-pyrrole nitrogens is 1. The summed E-state index contributed by atoms with van der Waals surface area (Å²) in [4.78, 5) is 24.5. The molecular formula is C21H24FN5O3S. The molecule has 3 aromatic rings. The van der Waals surface area contributed by atoms with E-state index in [1.165, 1.54) is 19.2 Å². The number of amides is 1. The normalized spacial score (nSPS) is 15.5. The van der Waals surface area contributed by atoms with E-state index in [0.29, 0.717) is 19.6 Å². The van der Waals surface area contributed by atoms with Crippen LogP contribution in [-0.4, -0.2) is 73.3 Å². The SMILES string of the molecule is CN(CC(=O)N1CCCN(c2nc3ccccc3[nH]2)CC1)S(=O)(=O)c1ccc(F)cc1. The number of aromatic amines is 1. The van der Waals surface area contributed by atoms with Gasteiger partial charge in [0.2, 0.25) is 21.9 Å². The highest BCUT2D eigenvalue weighted by Gasteiger charge is 2.27. The van der Waals surface area contributed by atoms with Crippen molar-refractivity contribution in [1.82, 2.24) is 19.2 Å². The molecule has 1 fully saturated rings. The van der Waals surface area contributed by atoms with E-state index >= 15 is 0 Å². The van der Waals surface area contributed by atoms with Gasteiger partial charge in [0.25, 0.3) is 0 Å². The van der Waals surface area contributed by atoms with Crippen LogP contribution in [0.15, 0.2) is 53.4 Å². The molecule has 2 heterocycles. The van der Waals surface area contributed by atoms with Crippen LogP contribution in [0.3, 0.4) is 0 Å². The molecule has 1 aromatic heterocycles. The van der Waals surface area contributed by atoms with Crippen molar-refractivity contribution in [2.45, 2.75) is 11.3 Å². The number of nitrogens with zero attached hydrogens (tertiary/aromatic N) is 4. The van der Waals surface area contributed by atoms with Crippen molar-refractivity contribution >= 4 is 32.9 Å². The number of carbonyl (C=O) groups is 1. The number of rotatable bonds is 5. The quantitative estimate of drug-likeness (QED) is 0.649. The monoisotopic (exact) mass is 445 g/mol. The Balaban J connectivity index is 1.39. The van der Waals surface area contributed by atoms with Crippen LogP contribution in [-0.2, 0) is 14.8 Å². The van der Waals surface area contributed by atoms with E-state index in [2.05, 4.69) is 14.9 Å². The van der Waals surface area contributed by atoms with Gasteiger partial charge in [0.15, 0.2) is 0 Å². The van der Waals surface area contributed by atoms with E-state index in [1.807, 2.05) is 24.3 Å². The second-order valence-corrected chi connectivity index (χ2v) is 9.56. The smallest absolute Gasteiger partial charge is 0.243 e. The summed E-state index contributed by atoms with van der Waals surface area (Å²) >= 11 is 0. The van der Waals surface area contributed by atoms with Crippen LogP contribution in [0.2, 0.25) is 0 Å². The van der Waals surface area contributed by atoms with Gasteiger partial charge in [-0.25, -0.2) is 17.8 Å². The fourth-order valence-corrected chi connectivity index (χ4v) is 4.75. The Labute approximate surface area is 180 Å². The van der Waals surface area contributed by atoms with Gasteiger partial charge in [0.1, 0.15) is 5.82 Å². The molecule has 164 valence electrons. The Morgan fingerprint density at radius 1 is 1.10 bits per heavy atom. The minimum atomic E-state index is -3.87. The minimum absolute atomic E-state index is 0.0453. The summed E-state index contributed by atoms with van der Waals surface area (Å²) in [5.74, 6) is -0.0117. The number of imidazole rings is 1. The van der Waals surface area contributed by atoms with Crippen molar-refractivity contribution in [3.8, 4) is 0 Å². The Bertz CT molecular complexity index is 1150. The molecule has 4 rings (SSSR count). The number of anilines is 1. The second kappa shape index (κ2) is 8.64. The van der Waals surface area contributed by atoms with E-state index in [1.54, 1.807) is 4.90 Å². The Morgan fingerprint density at radius 3 is 2.58 bits per heavy atom. The molecule has 1 amide bonds. The molecule has 0 spiro atoms. The number of likely N-dealkylation sites (N-methyl/N-ethyl adjacent to an activating group) is 1. The summed E-state index contributed by atoms with van der Waals surface area (Å²) in [6.07, 6.45) is 0.747. The third kappa shape index (κ3) is 4.54. The molecule has 0 radical (unpaired) electrons. The highest BCUT2D eigenvalue weighted by Crippen LogP contribution is 2.19. The molecule has 2 aromatic carbocycles. The van der Waals surface area contributed by atoms with Crippen LogP contribution in [0.4, 0.5) is 10.3 Å². The number of para-hydroxylation sites is 2. The number of hydrogen-bond donors (Lipinski definition) is 1. The predicted molar refractivity (Wildman–Crippen MR) is 116 cm³/mol. The second-order valence-electron chi connectivity index (χ2n) is 7.51. The van der Waals surface area contributed by atoms with Gasteiger partial charge >= 0.3 is 0 Å².